The molecule has 102 valence electrons. The minimum absolute atomic E-state index is 0.0371. The smallest absolute Gasteiger partial charge is 0.186 e. The van der Waals surface area contributed by atoms with Gasteiger partial charge in [0, 0.05) is 5.56 Å². The first-order chi connectivity index (χ1) is 10.3. The Labute approximate surface area is 124 Å². The Morgan fingerprint density at radius 1 is 0.810 bits per heavy atom. The maximum atomic E-state index is 12.5. The number of aryl methyl sites for hydroxylation is 1. The van der Waals surface area contributed by atoms with E-state index in [1.165, 1.54) is 5.56 Å². The van der Waals surface area contributed by atoms with E-state index in [0.29, 0.717) is 0 Å². The Morgan fingerprint density at radius 2 is 1.48 bits per heavy atom. The van der Waals surface area contributed by atoms with Crippen LogP contribution in [-0.2, 0) is 0 Å². The molecule has 0 aliphatic carbocycles. The minimum Gasteiger partial charge on any atom is -0.289 e. The van der Waals surface area contributed by atoms with Gasteiger partial charge in [0.1, 0.15) is 0 Å². The molecule has 3 aromatic carbocycles. The lowest BCUT2D eigenvalue weighted by molar-refractivity contribution is 0.104. The Kier molecular flexibility index (Phi) is 3.65. The number of rotatable bonds is 3. The molecule has 0 amide bonds. The van der Waals surface area contributed by atoms with Gasteiger partial charge in [-0.3, -0.25) is 4.79 Å². The lowest BCUT2D eigenvalue weighted by Gasteiger charge is -2.06. The fourth-order valence-electron chi connectivity index (χ4n) is 2.49. The van der Waals surface area contributed by atoms with Gasteiger partial charge in [0.2, 0.25) is 0 Å². The molecular formula is C20H16O. The fraction of sp³-hybridized carbons (Fsp3) is 0.0500. The number of carbonyl (C=O) groups excluding carboxylic acids is 1. The number of ketones is 1. The lowest BCUT2D eigenvalue weighted by atomic mass is 9.97. The molecule has 0 unspecified atom stereocenters. The molecular weight excluding hydrogens is 256 g/mol. The van der Waals surface area contributed by atoms with E-state index in [-0.39, 0.29) is 5.78 Å². The Balaban J connectivity index is 1.99. The fourth-order valence-corrected chi connectivity index (χ4v) is 2.49. The van der Waals surface area contributed by atoms with E-state index in [9.17, 15) is 4.79 Å². The number of hydrogen-bond acceptors (Lipinski definition) is 1. The summed E-state index contributed by atoms with van der Waals surface area (Å²) >= 11 is 0. The van der Waals surface area contributed by atoms with Crippen molar-refractivity contribution in [3.05, 3.63) is 89.5 Å². The highest BCUT2D eigenvalue weighted by Crippen LogP contribution is 2.23. The average molecular weight is 272 g/mol. The van der Waals surface area contributed by atoms with Crippen molar-refractivity contribution in [3.8, 4) is 0 Å². The first kappa shape index (κ1) is 13.3. The van der Waals surface area contributed by atoms with Gasteiger partial charge in [0.05, 0.1) is 0 Å². The minimum atomic E-state index is 0.0371. The zero-order valence-electron chi connectivity index (χ0n) is 11.9. The van der Waals surface area contributed by atoms with E-state index in [1.807, 2.05) is 66.7 Å². The summed E-state index contributed by atoms with van der Waals surface area (Å²) in [5, 5.41) is 2.15. The number of benzene rings is 3. The summed E-state index contributed by atoms with van der Waals surface area (Å²) in [7, 11) is 0. The molecule has 0 heterocycles. The SMILES string of the molecule is Cc1ccc(C(=O)C=Cc2ccccc2)c2ccccc12. The van der Waals surface area contributed by atoms with Crippen LogP contribution in [0, 0.1) is 6.92 Å². The monoisotopic (exact) mass is 272 g/mol. The first-order valence-corrected chi connectivity index (χ1v) is 7.01. The molecule has 3 aromatic rings. The average Bonchev–Trinajstić information content (AvgIpc) is 2.54. The predicted octanol–water partition coefficient (Wildman–Crippen LogP) is 5.04. The highest BCUT2D eigenvalue weighted by molar-refractivity contribution is 6.15. The van der Waals surface area contributed by atoms with Crippen LogP contribution in [0.2, 0.25) is 0 Å². The Hall–Kier alpha value is -2.67. The van der Waals surface area contributed by atoms with Gasteiger partial charge in [0.15, 0.2) is 5.78 Å². The van der Waals surface area contributed by atoms with E-state index in [2.05, 4.69) is 13.0 Å². The van der Waals surface area contributed by atoms with E-state index in [1.54, 1.807) is 6.08 Å². The first-order valence-electron chi connectivity index (χ1n) is 7.01. The zero-order valence-corrected chi connectivity index (χ0v) is 11.9. The summed E-state index contributed by atoms with van der Waals surface area (Å²) in [5.74, 6) is 0.0371. The maximum absolute atomic E-state index is 12.5. The second-order valence-electron chi connectivity index (χ2n) is 5.08. The van der Waals surface area contributed by atoms with Crippen LogP contribution in [0.5, 0.6) is 0 Å². The van der Waals surface area contributed by atoms with Crippen molar-refractivity contribution in [1.29, 1.82) is 0 Å². The number of allylic oxidation sites excluding steroid dienone is 1. The third-order valence-corrected chi connectivity index (χ3v) is 3.63. The van der Waals surface area contributed by atoms with Gasteiger partial charge in [-0.2, -0.15) is 0 Å². The van der Waals surface area contributed by atoms with E-state index < -0.39 is 0 Å². The number of carbonyl (C=O) groups is 1. The van der Waals surface area contributed by atoms with Crippen LogP contribution in [0.4, 0.5) is 0 Å². The molecule has 1 nitrogen and oxygen atoms in total. The van der Waals surface area contributed by atoms with Gasteiger partial charge in [0.25, 0.3) is 0 Å². The van der Waals surface area contributed by atoms with Gasteiger partial charge in [-0.15, -0.1) is 0 Å². The molecule has 0 saturated carbocycles. The van der Waals surface area contributed by atoms with E-state index >= 15 is 0 Å². The topological polar surface area (TPSA) is 17.1 Å². The second kappa shape index (κ2) is 5.76. The molecule has 0 bridgehead atoms. The normalized spacial score (nSPS) is 11.1. The van der Waals surface area contributed by atoms with Crippen LogP contribution in [0.15, 0.2) is 72.8 Å². The van der Waals surface area contributed by atoms with E-state index in [0.717, 1.165) is 21.9 Å². The maximum Gasteiger partial charge on any atom is 0.186 e. The van der Waals surface area contributed by atoms with Gasteiger partial charge >= 0.3 is 0 Å². The predicted molar refractivity (Wildman–Crippen MR) is 88.5 cm³/mol. The van der Waals surface area contributed by atoms with Crippen molar-refractivity contribution in [2.24, 2.45) is 0 Å². The van der Waals surface area contributed by atoms with E-state index in [4.69, 9.17) is 0 Å². The van der Waals surface area contributed by atoms with Crippen molar-refractivity contribution in [3.63, 3.8) is 0 Å². The molecule has 0 aliphatic rings. The summed E-state index contributed by atoms with van der Waals surface area (Å²) in [6.07, 6.45) is 3.50. The van der Waals surface area contributed by atoms with Crippen molar-refractivity contribution in [1.82, 2.24) is 0 Å². The van der Waals surface area contributed by atoms with Gasteiger partial charge < -0.3 is 0 Å². The number of hydrogen-bond donors (Lipinski definition) is 0. The van der Waals surface area contributed by atoms with Gasteiger partial charge in [-0.05, 0) is 34.9 Å². The van der Waals surface area contributed by atoms with Gasteiger partial charge in [-0.1, -0.05) is 72.8 Å². The highest BCUT2D eigenvalue weighted by Gasteiger charge is 2.08. The van der Waals surface area contributed by atoms with Crippen LogP contribution >= 0.6 is 0 Å². The Bertz CT molecular complexity index is 814. The second-order valence-corrected chi connectivity index (χ2v) is 5.08. The third kappa shape index (κ3) is 2.77. The molecule has 0 radical (unpaired) electrons. The molecule has 0 N–H and O–H groups in total. The standard InChI is InChI=1S/C20H16O/c1-15-11-13-19(18-10-6-5-9-17(15)18)20(21)14-12-16-7-3-2-4-8-16/h2-14H,1H3. The molecule has 0 aromatic heterocycles. The molecule has 3 rings (SSSR count). The van der Waals surface area contributed by atoms with Gasteiger partial charge in [-0.25, -0.2) is 0 Å². The van der Waals surface area contributed by atoms with Crippen LogP contribution < -0.4 is 0 Å². The molecule has 0 atom stereocenters. The van der Waals surface area contributed by atoms with Crippen molar-refractivity contribution in [2.75, 3.05) is 0 Å². The Morgan fingerprint density at radius 3 is 2.24 bits per heavy atom. The molecule has 0 saturated heterocycles. The van der Waals surface area contributed by atoms with Crippen LogP contribution in [0.25, 0.3) is 16.8 Å². The van der Waals surface area contributed by atoms with Crippen molar-refractivity contribution >= 4 is 22.6 Å². The molecule has 0 spiro atoms. The lowest BCUT2D eigenvalue weighted by Crippen LogP contribution is -1.96. The summed E-state index contributed by atoms with van der Waals surface area (Å²) in [6, 6.07) is 21.8. The van der Waals surface area contributed by atoms with Crippen molar-refractivity contribution < 1.29 is 4.79 Å². The molecule has 21 heavy (non-hydrogen) atoms. The molecule has 0 fully saturated rings. The summed E-state index contributed by atoms with van der Waals surface area (Å²) < 4.78 is 0. The number of fused-ring (bicyclic) bond motifs is 1. The largest absolute Gasteiger partial charge is 0.289 e. The molecule has 1 heteroatoms. The summed E-state index contributed by atoms with van der Waals surface area (Å²) in [5.41, 5.74) is 2.97. The van der Waals surface area contributed by atoms with Crippen LogP contribution in [-0.4, -0.2) is 5.78 Å². The quantitative estimate of drug-likeness (QED) is 0.482. The highest BCUT2D eigenvalue weighted by atomic mass is 16.1. The van der Waals surface area contributed by atoms with Crippen molar-refractivity contribution in [2.45, 2.75) is 6.92 Å². The summed E-state index contributed by atoms with van der Waals surface area (Å²) in [4.78, 5) is 12.5. The van der Waals surface area contributed by atoms with Crippen LogP contribution in [0.3, 0.4) is 0 Å². The van der Waals surface area contributed by atoms with Crippen LogP contribution in [0.1, 0.15) is 21.5 Å². The summed E-state index contributed by atoms with van der Waals surface area (Å²) in [6.45, 7) is 2.07. The molecule has 0 aliphatic heterocycles. The third-order valence-electron chi connectivity index (χ3n) is 3.63. The zero-order chi connectivity index (χ0) is 14.7.